The normalized spacial score (nSPS) is 12.2. The van der Waals surface area contributed by atoms with Gasteiger partial charge < -0.3 is 25.0 Å². The van der Waals surface area contributed by atoms with Crippen LogP contribution in [-0.2, 0) is 6.54 Å². The maximum Gasteiger partial charge on any atom is 0.127 e. The molecule has 0 aliphatic carbocycles. The molecule has 120 valence electrons. The highest BCUT2D eigenvalue weighted by atomic mass is 16.5. The second-order valence-electron chi connectivity index (χ2n) is 4.94. The van der Waals surface area contributed by atoms with Crippen LogP contribution in [0.25, 0.3) is 0 Å². The Labute approximate surface area is 126 Å². The molecule has 5 nitrogen and oxygen atoms in total. The van der Waals surface area contributed by atoms with Crippen LogP contribution >= 0.6 is 0 Å². The first kappa shape index (κ1) is 17.8. The Bertz CT molecular complexity index is 398. The molecule has 0 aromatic heterocycles. The van der Waals surface area contributed by atoms with Crippen molar-refractivity contribution in [3.8, 4) is 11.5 Å². The number of rotatable bonds is 11. The molecule has 1 rings (SSSR count). The highest BCUT2D eigenvalue weighted by Crippen LogP contribution is 2.25. The highest BCUT2D eigenvalue weighted by molar-refractivity contribution is 5.40. The number of benzene rings is 1. The quantitative estimate of drug-likeness (QED) is 0.542. The Kier molecular flexibility index (Phi) is 8.82. The van der Waals surface area contributed by atoms with Crippen LogP contribution < -0.4 is 14.8 Å². The van der Waals surface area contributed by atoms with Gasteiger partial charge in [-0.25, -0.2) is 0 Å². The molecule has 0 aliphatic heterocycles. The highest BCUT2D eigenvalue weighted by Gasteiger charge is 2.09. The predicted octanol–water partition coefficient (Wildman–Crippen LogP) is 1.71. The van der Waals surface area contributed by atoms with Gasteiger partial charge in [-0.2, -0.15) is 0 Å². The van der Waals surface area contributed by atoms with Crippen LogP contribution in [0.15, 0.2) is 18.2 Å². The fourth-order valence-electron chi connectivity index (χ4n) is 1.76. The lowest BCUT2D eigenvalue weighted by Gasteiger charge is -2.16. The summed E-state index contributed by atoms with van der Waals surface area (Å²) in [5.74, 6) is 1.43. The molecule has 1 aromatic rings. The van der Waals surface area contributed by atoms with Crippen molar-refractivity contribution in [2.45, 2.75) is 39.3 Å². The molecule has 0 bridgehead atoms. The molecule has 0 fully saturated rings. The Morgan fingerprint density at radius 2 is 2.00 bits per heavy atom. The van der Waals surface area contributed by atoms with Gasteiger partial charge in [0.15, 0.2) is 0 Å². The molecular weight excluding hydrogens is 270 g/mol. The lowest BCUT2D eigenvalue weighted by atomic mass is 10.2. The van der Waals surface area contributed by atoms with Crippen molar-refractivity contribution >= 4 is 0 Å². The van der Waals surface area contributed by atoms with Crippen LogP contribution in [0.2, 0.25) is 0 Å². The molecule has 1 atom stereocenters. The number of aliphatic hydroxyl groups is 2. The smallest absolute Gasteiger partial charge is 0.127 e. The molecule has 0 aliphatic rings. The molecule has 0 spiro atoms. The first-order valence-corrected chi connectivity index (χ1v) is 7.59. The average Bonchev–Trinajstić information content (AvgIpc) is 2.52. The lowest BCUT2D eigenvalue weighted by molar-refractivity contribution is 0.0532. The van der Waals surface area contributed by atoms with Crippen molar-refractivity contribution in [3.05, 3.63) is 23.8 Å². The molecule has 21 heavy (non-hydrogen) atoms. The molecule has 1 aromatic carbocycles. The molecule has 0 heterocycles. The van der Waals surface area contributed by atoms with E-state index < -0.39 is 6.10 Å². The van der Waals surface area contributed by atoms with Crippen molar-refractivity contribution in [1.82, 2.24) is 5.32 Å². The summed E-state index contributed by atoms with van der Waals surface area (Å²) in [5.41, 5.74) is 1.01. The van der Waals surface area contributed by atoms with E-state index in [2.05, 4.69) is 19.2 Å². The molecule has 5 heteroatoms. The largest absolute Gasteiger partial charge is 0.493 e. The third kappa shape index (κ3) is 6.80. The molecule has 0 saturated carbocycles. The van der Waals surface area contributed by atoms with E-state index >= 15 is 0 Å². The minimum Gasteiger partial charge on any atom is -0.493 e. The van der Waals surface area contributed by atoms with Gasteiger partial charge in [-0.05, 0) is 25.5 Å². The van der Waals surface area contributed by atoms with Crippen LogP contribution in [0.5, 0.6) is 11.5 Å². The fraction of sp³-hybridized carbons (Fsp3) is 0.625. The summed E-state index contributed by atoms with van der Waals surface area (Å²) in [7, 11) is 0. The van der Waals surface area contributed by atoms with Crippen LogP contribution in [0.1, 0.15) is 32.3 Å². The van der Waals surface area contributed by atoms with Crippen molar-refractivity contribution in [2.24, 2.45) is 0 Å². The third-order valence-corrected chi connectivity index (χ3v) is 2.90. The minimum absolute atomic E-state index is 0.0640. The van der Waals surface area contributed by atoms with Crippen LogP contribution in [-0.4, -0.2) is 42.7 Å². The maximum atomic E-state index is 9.41. The fourth-order valence-corrected chi connectivity index (χ4v) is 1.76. The Balaban J connectivity index is 2.73. The van der Waals surface area contributed by atoms with E-state index in [-0.39, 0.29) is 13.2 Å². The van der Waals surface area contributed by atoms with Crippen LogP contribution in [0.4, 0.5) is 0 Å². The van der Waals surface area contributed by atoms with Gasteiger partial charge in [0.1, 0.15) is 24.2 Å². The van der Waals surface area contributed by atoms with Crippen molar-refractivity contribution in [3.63, 3.8) is 0 Å². The Morgan fingerprint density at radius 3 is 2.67 bits per heavy atom. The van der Waals surface area contributed by atoms with E-state index in [0.717, 1.165) is 30.7 Å². The SMILES string of the molecule is CCCNCc1ccc(OCCC)cc1OCC(O)CO. The summed E-state index contributed by atoms with van der Waals surface area (Å²) in [4.78, 5) is 0. The topological polar surface area (TPSA) is 71.0 Å². The minimum atomic E-state index is -0.873. The number of hydrogen-bond donors (Lipinski definition) is 3. The van der Waals surface area contributed by atoms with E-state index in [1.165, 1.54) is 0 Å². The standard InChI is InChI=1S/C16H27NO4/c1-3-7-17-10-13-5-6-15(20-8-4-2)9-16(13)21-12-14(19)11-18/h5-6,9,14,17-19H,3-4,7-8,10-12H2,1-2H3. The second-order valence-corrected chi connectivity index (χ2v) is 4.94. The summed E-state index contributed by atoms with van der Waals surface area (Å²) in [6.07, 6.45) is 1.14. The number of aliphatic hydroxyl groups excluding tert-OH is 2. The average molecular weight is 297 g/mol. The first-order chi connectivity index (χ1) is 10.2. The molecule has 1 unspecified atom stereocenters. The van der Waals surface area contributed by atoms with Crippen molar-refractivity contribution in [1.29, 1.82) is 0 Å². The third-order valence-electron chi connectivity index (χ3n) is 2.90. The lowest BCUT2D eigenvalue weighted by Crippen LogP contribution is -2.22. The maximum absolute atomic E-state index is 9.41. The summed E-state index contributed by atoms with van der Waals surface area (Å²) in [6, 6.07) is 5.73. The first-order valence-electron chi connectivity index (χ1n) is 7.59. The van der Waals surface area contributed by atoms with E-state index in [4.69, 9.17) is 14.6 Å². The van der Waals surface area contributed by atoms with E-state index in [0.29, 0.717) is 18.9 Å². The van der Waals surface area contributed by atoms with Crippen LogP contribution in [0.3, 0.4) is 0 Å². The second kappa shape index (κ2) is 10.4. The summed E-state index contributed by atoms with van der Waals surface area (Å²) >= 11 is 0. The summed E-state index contributed by atoms with van der Waals surface area (Å²) < 4.78 is 11.2. The van der Waals surface area contributed by atoms with E-state index in [1.807, 2.05) is 18.2 Å². The molecule has 3 N–H and O–H groups in total. The van der Waals surface area contributed by atoms with Gasteiger partial charge in [0.2, 0.25) is 0 Å². The van der Waals surface area contributed by atoms with Gasteiger partial charge in [-0.3, -0.25) is 0 Å². The summed E-state index contributed by atoms with van der Waals surface area (Å²) in [5, 5.41) is 21.6. The van der Waals surface area contributed by atoms with Gasteiger partial charge in [-0.15, -0.1) is 0 Å². The monoisotopic (exact) mass is 297 g/mol. The molecule has 0 saturated heterocycles. The van der Waals surface area contributed by atoms with Gasteiger partial charge in [-0.1, -0.05) is 19.9 Å². The van der Waals surface area contributed by atoms with Gasteiger partial charge in [0.05, 0.1) is 13.2 Å². The predicted molar refractivity (Wildman–Crippen MR) is 82.8 cm³/mol. The van der Waals surface area contributed by atoms with Gasteiger partial charge in [0.25, 0.3) is 0 Å². The van der Waals surface area contributed by atoms with Gasteiger partial charge >= 0.3 is 0 Å². The Hall–Kier alpha value is -1.30. The van der Waals surface area contributed by atoms with E-state index in [1.54, 1.807) is 0 Å². The zero-order valence-corrected chi connectivity index (χ0v) is 13.0. The van der Waals surface area contributed by atoms with Crippen molar-refractivity contribution in [2.75, 3.05) is 26.4 Å². The Morgan fingerprint density at radius 1 is 1.19 bits per heavy atom. The molecular formula is C16H27NO4. The number of ether oxygens (including phenoxy) is 2. The summed E-state index contributed by atoms with van der Waals surface area (Å²) in [6.45, 7) is 6.22. The zero-order valence-electron chi connectivity index (χ0n) is 13.0. The van der Waals surface area contributed by atoms with Crippen molar-refractivity contribution < 1.29 is 19.7 Å². The zero-order chi connectivity index (χ0) is 15.5. The molecule has 0 amide bonds. The van der Waals surface area contributed by atoms with Gasteiger partial charge in [0, 0.05) is 18.2 Å². The van der Waals surface area contributed by atoms with Crippen LogP contribution in [0, 0.1) is 0 Å². The molecule has 0 radical (unpaired) electrons. The van der Waals surface area contributed by atoms with E-state index in [9.17, 15) is 5.11 Å². The number of nitrogens with one attached hydrogen (secondary N) is 1. The number of hydrogen-bond acceptors (Lipinski definition) is 5.